The quantitative estimate of drug-likeness (QED) is 0.559. The van der Waals surface area contributed by atoms with E-state index >= 15 is 0 Å². The summed E-state index contributed by atoms with van der Waals surface area (Å²) < 4.78 is 26.2. The van der Waals surface area contributed by atoms with Crippen LogP contribution in [-0.4, -0.2) is 34.2 Å². The minimum absolute atomic E-state index is 0.127. The first-order valence-electron chi connectivity index (χ1n) is 8.27. The number of hydrogen-bond acceptors (Lipinski definition) is 4. The number of halogens is 2. The molecule has 0 spiro atoms. The van der Waals surface area contributed by atoms with Gasteiger partial charge < -0.3 is 21.3 Å². The zero-order chi connectivity index (χ0) is 20.0. The van der Waals surface area contributed by atoms with Crippen molar-refractivity contribution in [3.05, 3.63) is 65.2 Å². The largest absolute Gasteiger partial charge is 0.508 e. The second-order valence-electron chi connectivity index (χ2n) is 6.16. The van der Waals surface area contributed by atoms with Gasteiger partial charge in [-0.3, -0.25) is 4.79 Å². The highest BCUT2D eigenvalue weighted by atomic mass is 19.2. The third-order valence-electron chi connectivity index (χ3n) is 4.06. The molecule has 0 saturated heterocycles. The maximum Gasteiger partial charge on any atom is 0.326 e. The summed E-state index contributed by atoms with van der Waals surface area (Å²) in [4.78, 5) is 23.5. The Morgan fingerprint density at radius 1 is 1.04 bits per heavy atom. The first kappa shape index (κ1) is 20.3. The van der Waals surface area contributed by atoms with Crippen molar-refractivity contribution in [3.8, 4) is 5.75 Å². The number of aryl methyl sites for hydroxylation is 1. The van der Waals surface area contributed by atoms with Crippen molar-refractivity contribution in [2.75, 3.05) is 0 Å². The van der Waals surface area contributed by atoms with E-state index in [1.807, 2.05) is 0 Å². The maximum absolute atomic E-state index is 13.3. The second-order valence-corrected chi connectivity index (χ2v) is 6.16. The summed E-state index contributed by atoms with van der Waals surface area (Å²) in [6.07, 6.45) is 0.535. The molecule has 1 amide bonds. The van der Waals surface area contributed by atoms with E-state index in [0.29, 0.717) is 6.42 Å². The van der Waals surface area contributed by atoms with Crippen LogP contribution >= 0.6 is 0 Å². The average molecular weight is 378 g/mol. The predicted octanol–water partition coefficient (Wildman–Crippen LogP) is 1.74. The average Bonchev–Trinajstić information content (AvgIpc) is 2.63. The van der Waals surface area contributed by atoms with Gasteiger partial charge in [-0.2, -0.15) is 0 Å². The number of rotatable bonds is 8. The number of carbonyl (C=O) groups is 2. The highest BCUT2D eigenvalue weighted by Crippen LogP contribution is 2.13. The Bertz CT molecular complexity index is 812. The van der Waals surface area contributed by atoms with Gasteiger partial charge in [-0.15, -0.1) is 0 Å². The Morgan fingerprint density at radius 3 is 2.26 bits per heavy atom. The molecule has 8 heteroatoms. The van der Waals surface area contributed by atoms with Gasteiger partial charge in [-0.05, 0) is 48.2 Å². The Morgan fingerprint density at radius 2 is 1.67 bits per heavy atom. The molecule has 0 radical (unpaired) electrons. The van der Waals surface area contributed by atoms with Crippen LogP contribution in [-0.2, 0) is 22.4 Å². The van der Waals surface area contributed by atoms with Crippen molar-refractivity contribution in [2.45, 2.75) is 31.3 Å². The summed E-state index contributed by atoms with van der Waals surface area (Å²) in [6, 6.07) is 7.22. The van der Waals surface area contributed by atoms with E-state index < -0.39 is 35.6 Å². The van der Waals surface area contributed by atoms with Crippen LogP contribution in [0.2, 0.25) is 0 Å². The Labute approximate surface area is 154 Å². The van der Waals surface area contributed by atoms with Crippen LogP contribution in [0.5, 0.6) is 5.75 Å². The molecule has 2 aromatic carbocycles. The number of aromatic hydroxyl groups is 1. The lowest BCUT2D eigenvalue weighted by molar-refractivity contribution is -0.142. The molecule has 144 valence electrons. The van der Waals surface area contributed by atoms with E-state index in [2.05, 4.69) is 5.32 Å². The molecule has 5 N–H and O–H groups in total. The number of carbonyl (C=O) groups excluding carboxylic acids is 1. The molecule has 0 aromatic heterocycles. The van der Waals surface area contributed by atoms with E-state index in [-0.39, 0.29) is 24.2 Å². The SMILES string of the molecule is N[C@@H](CCc1ccc(O)cc1)C(=O)NC(Cc1ccc(F)c(F)c1)C(=O)O. The Balaban J connectivity index is 1.93. The molecule has 2 aromatic rings. The minimum Gasteiger partial charge on any atom is -0.508 e. The lowest BCUT2D eigenvalue weighted by Gasteiger charge is -2.18. The molecule has 0 saturated carbocycles. The number of nitrogens with two attached hydrogens (primary N) is 1. The van der Waals surface area contributed by atoms with Gasteiger partial charge in [0, 0.05) is 6.42 Å². The van der Waals surface area contributed by atoms with Gasteiger partial charge in [0.2, 0.25) is 5.91 Å². The van der Waals surface area contributed by atoms with Gasteiger partial charge >= 0.3 is 5.97 Å². The van der Waals surface area contributed by atoms with Crippen LogP contribution < -0.4 is 11.1 Å². The lowest BCUT2D eigenvalue weighted by atomic mass is 10.0. The molecule has 6 nitrogen and oxygen atoms in total. The third-order valence-corrected chi connectivity index (χ3v) is 4.06. The fraction of sp³-hybridized carbons (Fsp3) is 0.263. The van der Waals surface area contributed by atoms with Crippen molar-refractivity contribution >= 4 is 11.9 Å². The fourth-order valence-electron chi connectivity index (χ4n) is 2.50. The van der Waals surface area contributed by atoms with Gasteiger partial charge in [0.15, 0.2) is 11.6 Å². The van der Waals surface area contributed by atoms with E-state index in [1.54, 1.807) is 12.1 Å². The Hall–Kier alpha value is -3.00. The van der Waals surface area contributed by atoms with Gasteiger partial charge in [0.1, 0.15) is 11.8 Å². The molecular formula is C19H20F2N2O4. The molecule has 0 fully saturated rings. The number of aliphatic carboxylic acids is 1. The lowest BCUT2D eigenvalue weighted by Crippen LogP contribution is -2.49. The summed E-state index contributed by atoms with van der Waals surface area (Å²) in [5, 5.41) is 20.8. The van der Waals surface area contributed by atoms with Crippen molar-refractivity contribution in [2.24, 2.45) is 5.73 Å². The maximum atomic E-state index is 13.3. The highest BCUT2D eigenvalue weighted by Gasteiger charge is 2.24. The first-order valence-corrected chi connectivity index (χ1v) is 8.27. The van der Waals surface area contributed by atoms with E-state index in [1.165, 1.54) is 18.2 Å². The summed E-state index contributed by atoms with van der Waals surface area (Å²) in [5.74, 6) is -3.95. The molecule has 0 heterocycles. The van der Waals surface area contributed by atoms with Crippen LogP contribution in [0.25, 0.3) is 0 Å². The van der Waals surface area contributed by atoms with E-state index in [9.17, 15) is 28.6 Å². The summed E-state index contributed by atoms with van der Waals surface area (Å²) >= 11 is 0. The van der Waals surface area contributed by atoms with Crippen LogP contribution in [0.3, 0.4) is 0 Å². The number of carboxylic acids is 1. The topological polar surface area (TPSA) is 113 Å². The first-order chi connectivity index (χ1) is 12.8. The molecular weight excluding hydrogens is 358 g/mol. The molecule has 2 rings (SSSR count). The molecule has 0 aliphatic rings. The zero-order valence-electron chi connectivity index (χ0n) is 14.4. The van der Waals surface area contributed by atoms with Gasteiger partial charge in [-0.1, -0.05) is 18.2 Å². The van der Waals surface area contributed by atoms with Crippen molar-refractivity contribution in [3.63, 3.8) is 0 Å². The molecule has 27 heavy (non-hydrogen) atoms. The summed E-state index contributed by atoms with van der Waals surface area (Å²) in [5.41, 5.74) is 6.92. The fourth-order valence-corrected chi connectivity index (χ4v) is 2.50. The summed E-state index contributed by atoms with van der Waals surface area (Å²) in [7, 11) is 0. The molecule has 0 aliphatic carbocycles. The van der Waals surface area contributed by atoms with E-state index in [4.69, 9.17) is 5.73 Å². The number of benzene rings is 2. The Kier molecular flexibility index (Phi) is 6.84. The van der Waals surface area contributed by atoms with Crippen molar-refractivity contribution in [1.29, 1.82) is 0 Å². The normalized spacial score (nSPS) is 13.0. The monoisotopic (exact) mass is 378 g/mol. The number of amides is 1. The standard InChI is InChI=1S/C19H20F2N2O4/c20-14-7-3-12(9-15(14)21)10-17(19(26)27)23-18(25)16(22)8-4-11-1-5-13(24)6-2-11/h1-3,5-7,9,16-17,24H,4,8,10,22H2,(H,23,25)(H,26,27)/t16-,17?/m0/s1. The number of carboxylic acid groups (broad SMARTS) is 1. The van der Waals surface area contributed by atoms with Crippen LogP contribution in [0.4, 0.5) is 8.78 Å². The highest BCUT2D eigenvalue weighted by molar-refractivity contribution is 5.86. The molecule has 1 unspecified atom stereocenters. The smallest absolute Gasteiger partial charge is 0.326 e. The molecule has 0 aliphatic heterocycles. The van der Waals surface area contributed by atoms with Gasteiger partial charge in [0.05, 0.1) is 6.04 Å². The number of phenols is 1. The summed E-state index contributed by atoms with van der Waals surface area (Å²) in [6.45, 7) is 0. The van der Waals surface area contributed by atoms with Gasteiger partial charge in [0.25, 0.3) is 0 Å². The predicted molar refractivity (Wildman–Crippen MR) is 94.0 cm³/mol. The van der Waals surface area contributed by atoms with Crippen molar-refractivity contribution < 1.29 is 28.6 Å². The molecule has 0 bridgehead atoms. The van der Waals surface area contributed by atoms with Crippen LogP contribution in [0, 0.1) is 11.6 Å². The zero-order valence-corrected chi connectivity index (χ0v) is 14.4. The third kappa shape index (κ3) is 6.03. The second kappa shape index (κ2) is 9.09. The van der Waals surface area contributed by atoms with Crippen LogP contribution in [0.1, 0.15) is 17.5 Å². The minimum atomic E-state index is -1.32. The number of phenolic OH excluding ortho intramolecular Hbond substituents is 1. The van der Waals surface area contributed by atoms with Gasteiger partial charge in [-0.25, -0.2) is 13.6 Å². The molecule has 2 atom stereocenters. The van der Waals surface area contributed by atoms with E-state index in [0.717, 1.165) is 17.7 Å². The van der Waals surface area contributed by atoms with Crippen molar-refractivity contribution in [1.82, 2.24) is 5.32 Å². The number of nitrogens with one attached hydrogen (secondary N) is 1. The number of hydrogen-bond donors (Lipinski definition) is 4. The van der Waals surface area contributed by atoms with Crippen LogP contribution in [0.15, 0.2) is 42.5 Å².